The molecule has 12 rings (SSSR count). The van der Waals surface area contributed by atoms with Gasteiger partial charge in [-0.2, -0.15) is 0 Å². The highest BCUT2D eigenvalue weighted by atomic mass is 32.1. The third-order valence-electron chi connectivity index (χ3n) is 15.1. The van der Waals surface area contributed by atoms with E-state index in [1.165, 1.54) is 122 Å². The maximum atomic E-state index is 2.62. The van der Waals surface area contributed by atoms with E-state index in [9.17, 15) is 0 Å². The summed E-state index contributed by atoms with van der Waals surface area (Å²) in [5.74, 6) is 1.53. The molecule has 60 heavy (non-hydrogen) atoms. The Balaban J connectivity index is 0.929. The van der Waals surface area contributed by atoms with E-state index in [0.717, 1.165) is 44.9 Å². The summed E-state index contributed by atoms with van der Waals surface area (Å²) < 4.78 is 4.08. The summed E-state index contributed by atoms with van der Waals surface area (Å²) >= 11 is 2.03. The van der Waals surface area contributed by atoms with Crippen molar-refractivity contribution in [3.8, 4) is 16.8 Å². The van der Waals surface area contributed by atoms with Crippen LogP contribution in [0.3, 0.4) is 0 Å². The van der Waals surface area contributed by atoms with E-state index >= 15 is 0 Å². The summed E-state index contributed by atoms with van der Waals surface area (Å²) in [6.45, 7) is 2.51. The fourth-order valence-electron chi connectivity index (χ4n) is 12.0. The molecule has 1 nitrogen and oxygen atoms in total. The molecule has 0 saturated carbocycles. The quantitative estimate of drug-likeness (QED) is 0.148. The van der Waals surface area contributed by atoms with E-state index in [1.807, 2.05) is 11.3 Å². The number of rotatable bonds is 6. The van der Waals surface area contributed by atoms with Gasteiger partial charge in [0.15, 0.2) is 0 Å². The Labute approximate surface area is 360 Å². The van der Waals surface area contributed by atoms with Crippen molar-refractivity contribution < 1.29 is 0 Å². The smallest absolute Gasteiger partial charge is 0.0543 e. The zero-order valence-electron chi connectivity index (χ0n) is 35.1. The zero-order chi connectivity index (χ0) is 39.7. The molecule has 0 radical (unpaired) electrons. The lowest BCUT2D eigenvalue weighted by atomic mass is 9.67. The van der Waals surface area contributed by atoms with Crippen LogP contribution in [-0.2, 0) is 25.7 Å². The fraction of sp³-hybridized carbons (Fsp3) is 0.310. The maximum absolute atomic E-state index is 2.62. The van der Waals surface area contributed by atoms with Gasteiger partial charge in [-0.1, -0.05) is 104 Å². The Hall–Kier alpha value is -5.18. The van der Waals surface area contributed by atoms with E-state index < -0.39 is 0 Å². The second-order valence-electron chi connectivity index (χ2n) is 18.6. The first-order valence-electron chi connectivity index (χ1n) is 23.2. The number of aryl methyl sites for hydroxylation is 2. The summed E-state index contributed by atoms with van der Waals surface area (Å²) in [7, 11) is 0. The minimum atomic E-state index is 0.438. The summed E-state index contributed by atoms with van der Waals surface area (Å²) in [5.41, 5.74) is 22.0. The number of nitrogens with zero attached hydrogens (tertiary/aromatic N) is 1. The van der Waals surface area contributed by atoms with E-state index in [2.05, 4.69) is 139 Å². The van der Waals surface area contributed by atoms with Crippen LogP contribution in [0.15, 0.2) is 127 Å². The third-order valence-corrected chi connectivity index (χ3v) is 16.4. The molecule has 2 aromatic heterocycles. The van der Waals surface area contributed by atoms with Crippen LogP contribution in [0.25, 0.3) is 55.0 Å². The maximum Gasteiger partial charge on any atom is 0.0543 e. The molecule has 4 aromatic carbocycles. The first-order chi connectivity index (χ1) is 29.6. The molecule has 2 heterocycles. The first kappa shape index (κ1) is 36.7. The van der Waals surface area contributed by atoms with Crippen molar-refractivity contribution in [1.29, 1.82) is 0 Å². The van der Waals surface area contributed by atoms with Crippen molar-refractivity contribution in [2.75, 3.05) is 0 Å². The van der Waals surface area contributed by atoms with E-state index in [1.54, 1.807) is 27.2 Å². The molecular weight excluding hydrogens is 743 g/mol. The van der Waals surface area contributed by atoms with Crippen LogP contribution >= 0.6 is 11.3 Å². The van der Waals surface area contributed by atoms with Gasteiger partial charge in [0.25, 0.3) is 0 Å². The molecule has 0 fully saturated rings. The second-order valence-corrected chi connectivity index (χ2v) is 19.8. The summed E-state index contributed by atoms with van der Waals surface area (Å²) in [6, 6.07) is 29.8. The van der Waals surface area contributed by atoms with Gasteiger partial charge >= 0.3 is 0 Å². The summed E-state index contributed by atoms with van der Waals surface area (Å²) in [5, 5.41) is 2.87. The van der Waals surface area contributed by atoms with Gasteiger partial charge in [-0.15, -0.1) is 11.3 Å². The monoisotopic (exact) mass is 797 g/mol. The van der Waals surface area contributed by atoms with Crippen molar-refractivity contribution in [3.63, 3.8) is 0 Å². The SMILES string of the molecule is CC1c2ccc(-c3ccc4c5c(n(-c6ccc7sc8c(c7c6)CCCC8)c4c3)CCC=C5)cc2C2=C(C=CCC2)C1Cc1cc(C2=CC=CCC2)cc(C2CC=CCC2)c1. The van der Waals surface area contributed by atoms with Crippen LogP contribution in [0.5, 0.6) is 0 Å². The van der Waals surface area contributed by atoms with E-state index in [-0.39, 0.29) is 0 Å². The standard InChI is InChI=1S/C58H55NS/c1-37-46-27-24-41(42-25-28-50-49-20-10-12-22-55(49)59(56(50)35-42)45-26-29-58-54(36-45)51-21-11-13-23-57(51)60-58)34-53(46)48-19-9-8-18-47(48)52(37)32-38-30-43(39-14-4-2-5-15-39)33-44(31-38)40-16-6-3-7-17-40/h2-4,6,8,10,14,18,20,24-31,33-37,40,52H,5,7,9,11-13,15-17,19,21-23,32H2,1H3. The van der Waals surface area contributed by atoms with Gasteiger partial charge in [0.05, 0.1) is 5.52 Å². The molecule has 3 atom stereocenters. The van der Waals surface area contributed by atoms with Crippen LogP contribution in [0.4, 0.5) is 0 Å². The molecule has 6 aromatic rings. The Kier molecular flexibility index (Phi) is 9.21. The fourth-order valence-corrected chi connectivity index (χ4v) is 13.3. The molecule has 0 saturated heterocycles. The Morgan fingerprint density at radius 3 is 2.50 bits per heavy atom. The minimum absolute atomic E-state index is 0.438. The van der Waals surface area contributed by atoms with E-state index in [4.69, 9.17) is 0 Å². The van der Waals surface area contributed by atoms with Crippen LogP contribution in [0.1, 0.15) is 132 Å². The first-order valence-corrected chi connectivity index (χ1v) is 24.0. The van der Waals surface area contributed by atoms with Crippen molar-refractivity contribution in [1.82, 2.24) is 4.57 Å². The van der Waals surface area contributed by atoms with Gasteiger partial charge in [0.2, 0.25) is 0 Å². The molecule has 6 aliphatic carbocycles. The minimum Gasteiger partial charge on any atom is -0.313 e. The number of thiophene rings is 1. The molecule has 6 aliphatic rings. The van der Waals surface area contributed by atoms with Crippen LogP contribution in [0, 0.1) is 5.92 Å². The molecule has 3 unspecified atom stereocenters. The largest absolute Gasteiger partial charge is 0.313 e. The van der Waals surface area contributed by atoms with Crippen molar-refractivity contribution in [3.05, 3.63) is 176 Å². The topological polar surface area (TPSA) is 4.93 Å². The average Bonchev–Trinajstić information content (AvgIpc) is 3.85. The van der Waals surface area contributed by atoms with E-state index in [0.29, 0.717) is 17.8 Å². The van der Waals surface area contributed by atoms with Crippen LogP contribution in [-0.4, -0.2) is 4.57 Å². The van der Waals surface area contributed by atoms with Crippen LogP contribution in [0.2, 0.25) is 0 Å². The highest BCUT2D eigenvalue weighted by Gasteiger charge is 2.33. The Morgan fingerprint density at radius 2 is 1.58 bits per heavy atom. The molecule has 0 aliphatic heterocycles. The Bertz CT molecular complexity index is 2910. The number of hydrogen-bond acceptors (Lipinski definition) is 1. The predicted octanol–water partition coefficient (Wildman–Crippen LogP) is 16.0. The van der Waals surface area contributed by atoms with Crippen molar-refractivity contribution >= 4 is 49.5 Å². The van der Waals surface area contributed by atoms with Crippen molar-refractivity contribution in [2.45, 2.75) is 109 Å². The molecule has 0 spiro atoms. The van der Waals surface area contributed by atoms with Gasteiger partial charge in [-0.05, 0) is 205 Å². The highest BCUT2D eigenvalue weighted by Crippen LogP contribution is 2.49. The number of benzene rings is 4. The number of fused-ring (bicyclic) bond motifs is 8. The van der Waals surface area contributed by atoms with Gasteiger partial charge in [-0.3, -0.25) is 0 Å². The molecule has 0 N–H and O–H groups in total. The zero-order valence-corrected chi connectivity index (χ0v) is 35.9. The molecule has 0 bridgehead atoms. The number of allylic oxidation sites excluding steroid dienone is 11. The summed E-state index contributed by atoms with van der Waals surface area (Å²) in [4.78, 5) is 1.62. The lowest BCUT2D eigenvalue weighted by molar-refractivity contribution is 0.508. The van der Waals surface area contributed by atoms with Crippen LogP contribution < -0.4 is 0 Å². The Morgan fingerprint density at radius 1 is 0.700 bits per heavy atom. The predicted molar refractivity (Wildman–Crippen MR) is 258 cm³/mol. The normalized spacial score (nSPS) is 21.9. The molecular formula is C58H55NS. The molecule has 2 heteroatoms. The molecule has 298 valence electrons. The number of aromatic nitrogens is 1. The average molecular weight is 798 g/mol. The van der Waals surface area contributed by atoms with Gasteiger partial charge in [0, 0.05) is 31.9 Å². The lowest BCUT2D eigenvalue weighted by Crippen LogP contribution is -2.23. The van der Waals surface area contributed by atoms with Gasteiger partial charge in [0.1, 0.15) is 0 Å². The lowest BCUT2D eigenvalue weighted by Gasteiger charge is -2.37. The van der Waals surface area contributed by atoms with Gasteiger partial charge in [-0.25, -0.2) is 0 Å². The highest BCUT2D eigenvalue weighted by molar-refractivity contribution is 7.19. The second kappa shape index (κ2) is 15.1. The summed E-state index contributed by atoms with van der Waals surface area (Å²) in [6.07, 6.45) is 38.0. The molecule has 0 amide bonds. The van der Waals surface area contributed by atoms with Gasteiger partial charge < -0.3 is 4.57 Å². The van der Waals surface area contributed by atoms with Crippen molar-refractivity contribution in [2.24, 2.45) is 5.92 Å². The third kappa shape index (κ3) is 6.24. The number of hydrogen-bond donors (Lipinski definition) is 0.